The van der Waals surface area contributed by atoms with Gasteiger partial charge in [-0.15, -0.1) is 0 Å². The Morgan fingerprint density at radius 3 is 1.37 bits per heavy atom. The Hall–Kier alpha value is -2.90. The van der Waals surface area contributed by atoms with Gasteiger partial charge >= 0.3 is 5.97 Å². The van der Waals surface area contributed by atoms with Crippen molar-refractivity contribution in [1.29, 1.82) is 0 Å². The molecule has 1 heterocycles. The summed E-state index contributed by atoms with van der Waals surface area (Å²) in [7, 11) is 0. The van der Waals surface area contributed by atoms with Gasteiger partial charge in [-0.05, 0) is 70.6 Å². The zero-order chi connectivity index (χ0) is 57.5. The number of unbranched alkanes of at least 4 members (excludes halogenated alkanes) is 31. The number of rotatable bonds is 55. The van der Waals surface area contributed by atoms with Crippen LogP contribution in [0.15, 0.2) is 72.9 Å². The van der Waals surface area contributed by atoms with Crippen molar-refractivity contribution in [2.45, 2.75) is 333 Å². The number of nitrogens with one attached hydrogen (secondary N) is 1. The van der Waals surface area contributed by atoms with Gasteiger partial charge in [0.2, 0.25) is 5.91 Å². The maximum absolute atomic E-state index is 13.4. The Bertz CT molecular complexity index is 1560. The average Bonchev–Trinajstić information content (AvgIpc) is 3.49. The molecule has 458 valence electrons. The molecule has 1 fully saturated rings. The van der Waals surface area contributed by atoms with E-state index in [0.717, 1.165) is 96.3 Å². The van der Waals surface area contributed by atoms with Crippen LogP contribution in [0.25, 0.3) is 0 Å². The highest BCUT2D eigenvalue weighted by Gasteiger charge is 2.47. The van der Waals surface area contributed by atoms with Crippen LogP contribution >= 0.6 is 0 Å². The molecule has 1 amide bonds. The molecule has 0 radical (unpaired) electrons. The second-order valence-corrected chi connectivity index (χ2v) is 22.5. The van der Waals surface area contributed by atoms with Gasteiger partial charge < -0.3 is 45.1 Å². The fourth-order valence-corrected chi connectivity index (χ4v) is 9.97. The quantitative estimate of drug-likeness (QED) is 0.0195. The molecule has 1 aliphatic heterocycles. The van der Waals surface area contributed by atoms with Crippen LogP contribution in [0.1, 0.15) is 284 Å². The summed E-state index contributed by atoms with van der Waals surface area (Å²) in [5.74, 6) is -1.21. The molecule has 0 saturated carbocycles. The summed E-state index contributed by atoms with van der Waals surface area (Å²) in [5, 5.41) is 57.1. The average molecular weight is 1110 g/mol. The second kappa shape index (κ2) is 55.6. The third kappa shape index (κ3) is 43.5. The normalized spacial score (nSPS) is 19.3. The highest BCUT2D eigenvalue weighted by molar-refractivity contribution is 5.80. The number of aliphatic hydroxyl groups is 5. The molecule has 0 spiro atoms. The van der Waals surface area contributed by atoms with Crippen LogP contribution < -0.4 is 5.32 Å². The first-order valence-electron chi connectivity index (χ1n) is 32.7. The number of ether oxygens (including phenoxy) is 3. The molecule has 8 unspecified atom stereocenters. The number of carbonyl (C=O) groups excluding carboxylic acids is 2. The van der Waals surface area contributed by atoms with Crippen LogP contribution in [-0.4, -0.2) is 99.6 Å². The molecular formula is C68H121NO10. The van der Waals surface area contributed by atoms with Gasteiger partial charge in [-0.2, -0.15) is 0 Å². The van der Waals surface area contributed by atoms with Crippen molar-refractivity contribution in [2.24, 2.45) is 0 Å². The van der Waals surface area contributed by atoms with Gasteiger partial charge in [-0.1, -0.05) is 280 Å². The first-order chi connectivity index (χ1) is 38.7. The Morgan fingerprint density at radius 2 is 0.911 bits per heavy atom. The van der Waals surface area contributed by atoms with Crippen LogP contribution in [0.2, 0.25) is 0 Å². The van der Waals surface area contributed by atoms with Gasteiger partial charge in [0.15, 0.2) is 12.4 Å². The van der Waals surface area contributed by atoms with Crippen LogP contribution in [-0.2, 0) is 23.8 Å². The van der Waals surface area contributed by atoms with E-state index in [1.165, 1.54) is 141 Å². The molecule has 1 rings (SSSR count). The minimum absolute atomic E-state index is 0.123. The van der Waals surface area contributed by atoms with Crippen LogP contribution in [0, 0.1) is 0 Å². The topological polar surface area (TPSA) is 175 Å². The SMILES string of the molecule is CC/C=C\C/C=C\C/C=C\C/C=C\C/C=C\CCCCCCC(O)C(=O)NC(COC1OC(CO)C(O)C(O)C1OC(=O)CCCCCCCCCCCCCCCCCCC)C(O)/C=C/CCCCCCCCCCCCC. The summed E-state index contributed by atoms with van der Waals surface area (Å²) >= 11 is 0. The summed E-state index contributed by atoms with van der Waals surface area (Å²) in [5.41, 5.74) is 0. The van der Waals surface area contributed by atoms with Gasteiger partial charge in [-0.3, -0.25) is 9.59 Å². The van der Waals surface area contributed by atoms with E-state index in [9.17, 15) is 35.1 Å². The number of allylic oxidation sites excluding steroid dienone is 11. The van der Waals surface area contributed by atoms with Gasteiger partial charge in [-0.25, -0.2) is 0 Å². The molecule has 1 aliphatic rings. The lowest BCUT2D eigenvalue weighted by Gasteiger charge is -2.41. The molecule has 6 N–H and O–H groups in total. The highest BCUT2D eigenvalue weighted by Crippen LogP contribution is 2.26. The Balaban J connectivity index is 2.68. The molecule has 11 heteroatoms. The van der Waals surface area contributed by atoms with Gasteiger partial charge in [0.1, 0.15) is 24.4 Å². The molecule has 1 saturated heterocycles. The molecule has 11 nitrogen and oxygen atoms in total. The third-order valence-electron chi connectivity index (χ3n) is 15.1. The summed E-state index contributed by atoms with van der Waals surface area (Å²) in [4.78, 5) is 26.6. The van der Waals surface area contributed by atoms with Crippen molar-refractivity contribution in [1.82, 2.24) is 5.32 Å². The van der Waals surface area contributed by atoms with Crippen molar-refractivity contribution in [3.63, 3.8) is 0 Å². The first kappa shape index (κ1) is 74.1. The van der Waals surface area contributed by atoms with E-state index in [1.54, 1.807) is 6.08 Å². The first-order valence-corrected chi connectivity index (χ1v) is 32.7. The Kier molecular flexibility index (Phi) is 52.2. The maximum atomic E-state index is 13.4. The van der Waals surface area contributed by atoms with E-state index in [-0.39, 0.29) is 19.4 Å². The largest absolute Gasteiger partial charge is 0.454 e. The smallest absolute Gasteiger partial charge is 0.306 e. The lowest BCUT2D eigenvalue weighted by molar-refractivity contribution is -0.305. The minimum atomic E-state index is -1.62. The molecule has 0 aromatic carbocycles. The second-order valence-electron chi connectivity index (χ2n) is 22.5. The standard InChI is InChI=1S/C68H121NO10/c1-4-7-10-13-16-19-22-25-27-29-30-31-33-34-37-40-43-46-49-52-55-61(72)67(76)69-59(60(71)54-51-48-45-42-39-36-24-21-18-15-12-9-6-3)58-77-68-66(65(75)64(74)62(57-70)78-68)79-63(73)56-53-50-47-44-41-38-35-32-28-26-23-20-17-14-11-8-5-2/h7,10,16,19,25,27,30-31,34,37,51,54,59-62,64-66,68,70-72,74-75H,4-6,8-9,11-15,17-18,20-24,26,28-29,32-33,35-36,38-50,52-53,55-58H2,1-3H3,(H,69,76)/b10-7-,19-16-,27-25-,31-30-,37-34-,54-51+. The summed E-state index contributed by atoms with van der Waals surface area (Å²) < 4.78 is 17.6. The molecule has 8 atom stereocenters. The van der Waals surface area contributed by atoms with Crippen LogP contribution in [0.5, 0.6) is 0 Å². The predicted octanol–water partition coefficient (Wildman–Crippen LogP) is 16.0. The van der Waals surface area contributed by atoms with E-state index in [0.29, 0.717) is 12.8 Å². The fourth-order valence-electron chi connectivity index (χ4n) is 9.97. The molecule has 0 aromatic rings. The number of esters is 1. The molecular weight excluding hydrogens is 991 g/mol. The molecule has 0 aromatic heterocycles. The summed E-state index contributed by atoms with van der Waals surface area (Å²) in [6, 6.07) is -1.04. The number of aliphatic hydroxyl groups excluding tert-OH is 5. The van der Waals surface area contributed by atoms with Gasteiger partial charge in [0.25, 0.3) is 0 Å². The zero-order valence-electron chi connectivity index (χ0n) is 50.7. The zero-order valence-corrected chi connectivity index (χ0v) is 50.7. The van der Waals surface area contributed by atoms with E-state index < -0.39 is 67.4 Å². The Labute approximate surface area is 483 Å². The van der Waals surface area contributed by atoms with Crippen LogP contribution in [0.4, 0.5) is 0 Å². The number of hydrogen-bond donors (Lipinski definition) is 6. The van der Waals surface area contributed by atoms with E-state index in [1.807, 2.05) is 6.08 Å². The van der Waals surface area contributed by atoms with E-state index in [4.69, 9.17) is 14.2 Å². The number of amides is 1. The van der Waals surface area contributed by atoms with Crippen molar-refractivity contribution in [3.05, 3.63) is 72.9 Å². The molecule has 0 aliphatic carbocycles. The lowest BCUT2D eigenvalue weighted by atomic mass is 9.99. The van der Waals surface area contributed by atoms with Crippen molar-refractivity contribution < 1.29 is 49.3 Å². The van der Waals surface area contributed by atoms with Crippen molar-refractivity contribution in [3.8, 4) is 0 Å². The van der Waals surface area contributed by atoms with Gasteiger partial charge in [0, 0.05) is 6.42 Å². The maximum Gasteiger partial charge on any atom is 0.306 e. The van der Waals surface area contributed by atoms with Crippen LogP contribution in [0.3, 0.4) is 0 Å². The molecule has 79 heavy (non-hydrogen) atoms. The fraction of sp³-hybridized carbons (Fsp3) is 0.794. The highest BCUT2D eigenvalue weighted by atomic mass is 16.7. The lowest BCUT2D eigenvalue weighted by Crippen LogP contribution is -2.61. The van der Waals surface area contributed by atoms with Crippen molar-refractivity contribution >= 4 is 11.9 Å². The monoisotopic (exact) mass is 1110 g/mol. The minimum Gasteiger partial charge on any atom is -0.454 e. The van der Waals surface area contributed by atoms with E-state index >= 15 is 0 Å². The van der Waals surface area contributed by atoms with Gasteiger partial charge in [0.05, 0.1) is 25.4 Å². The number of carbonyl (C=O) groups is 2. The van der Waals surface area contributed by atoms with Crippen molar-refractivity contribution in [2.75, 3.05) is 13.2 Å². The van der Waals surface area contributed by atoms with E-state index in [2.05, 4.69) is 86.8 Å². The number of hydrogen-bond acceptors (Lipinski definition) is 10. The summed E-state index contributed by atoms with van der Waals surface area (Å²) in [6.07, 6.45) is 60.7. The third-order valence-corrected chi connectivity index (χ3v) is 15.1. The Morgan fingerprint density at radius 1 is 0.506 bits per heavy atom. The molecule has 0 bridgehead atoms. The predicted molar refractivity (Wildman–Crippen MR) is 329 cm³/mol. The summed E-state index contributed by atoms with van der Waals surface area (Å²) in [6.45, 7) is 5.69.